The zero-order chi connectivity index (χ0) is 21.7. The van der Waals surface area contributed by atoms with E-state index in [1.807, 2.05) is 36.6 Å². The Morgan fingerprint density at radius 1 is 0.969 bits per heavy atom. The third-order valence-corrected chi connectivity index (χ3v) is 6.00. The fraction of sp³-hybridized carbons (Fsp3) is 0.250. The number of nitrogens with one attached hydrogen (secondary N) is 1. The van der Waals surface area contributed by atoms with E-state index >= 15 is 0 Å². The highest BCUT2D eigenvalue weighted by atomic mass is 15.5. The van der Waals surface area contributed by atoms with E-state index in [9.17, 15) is 0 Å². The summed E-state index contributed by atoms with van der Waals surface area (Å²) in [5.41, 5.74) is 7.68. The summed E-state index contributed by atoms with van der Waals surface area (Å²) in [6.45, 7) is 3.94. The number of nitrogens with zero attached hydrogens (tertiary/aromatic N) is 7. The summed E-state index contributed by atoms with van der Waals surface area (Å²) in [7, 11) is 0. The monoisotopic (exact) mass is 422 g/mol. The maximum atomic E-state index is 4.92. The second-order valence-corrected chi connectivity index (χ2v) is 8.35. The van der Waals surface area contributed by atoms with Crippen LogP contribution in [0.1, 0.15) is 47.2 Å². The van der Waals surface area contributed by atoms with Crippen molar-refractivity contribution in [1.82, 2.24) is 40.2 Å². The van der Waals surface area contributed by atoms with Gasteiger partial charge in [0.15, 0.2) is 5.65 Å². The molecule has 8 nitrogen and oxygen atoms in total. The first-order chi connectivity index (χ1) is 15.7. The number of aryl methyl sites for hydroxylation is 2. The molecule has 1 aliphatic carbocycles. The molecule has 3 aromatic heterocycles. The molecule has 0 bridgehead atoms. The van der Waals surface area contributed by atoms with Gasteiger partial charge in [0.05, 0.1) is 5.69 Å². The van der Waals surface area contributed by atoms with E-state index in [0.717, 1.165) is 40.4 Å². The summed E-state index contributed by atoms with van der Waals surface area (Å²) in [5.74, 6) is 2.82. The maximum Gasteiger partial charge on any atom is 0.205 e. The van der Waals surface area contributed by atoms with Crippen molar-refractivity contribution in [3.63, 3.8) is 0 Å². The summed E-state index contributed by atoms with van der Waals surface area (Å²) in [6.07, 6.45) is 3.19. The van der Waals surface area contributed by atoms with Crippen LogP contribution in [0.15, 0.2) is 48.5 Å². The summed E-state index contributed by atoms with van der Waals surface area (Å²) >= 11 is 0. The molecular weight excluding hydrogens is 400 g/mol. The third kappa shape index (κ3) is 3.24. The van der Waals surface area contributed by atoms with Crippen LogP contribution in [0.4, 0.5) is 0 Å². The fourth-order valence-corrected chi connectivity index (χ4v) is 4.32. The molecule has 0 unspecified atom stereocenters. The molecule has 1 aliphatic rings. The molecule has 1 N–H and O–H groups in total. The number of benzene rings is 2. The molecule has 1 fully saturated rings. The van der Waals surface area contributed by atoms with Gasteiger partial charge in [-0.3, -0.25) is 0 Å². The van der Waals surface area contributed by atoms with Gasteiger partial charge in [-0.25, -0.2) is 9.97 Å². The zero-order valence-corrected chi connectivity index (χ0v) is 17.9. The Hall–Kier alpha value is -3.94. The lowest BCUT2D eigenvalue weighted by Crippen LogP contribution is -2.07. The first kappa shape index (κ1) is 18.8. The minimum atomic E-state index is 0.548. The Labute approximate surface area is 184 Å². The van der Waals surface area contributed by atoms with Crippen molar-refractivity contribution >= 4 is 5.65 Å². The molecule has 0 amide bonds. The van der Waals surface area contributed by atoms with Gasteiger partial charge in [0, 0.05) is 23.5 Å². The molecule has 0 aliphatic heterocycles. The molecule has 3 heterocycles. The van der Waals surface area contributed by atoms with E-state index in [2.05, 4.69) is 56.1 Å². The number of hydrogen-bond acceptors (Lipinski definition) is 6. The molecule has 8 heteroatoms. The van der Waals surface area contributed by atoms with Gasteiger partial charge in [-0.1, -0.05) is 48.5 Å². The van der Waals surface area contributed by atoms with Gasteiger partial charge in [0.1, 0.15) is 11.6 Å². The summed E-state index contributed by atoms with van der Waals surface area (Å²) in [6, 6.07) is 16.8. The SMILES string of the molecule is Cc1nc2c(Cc3ccc(-c4ccccc4-c4nn[nH]n4)cc3)c(C3CC3)nc(C)n2n1. The normalized spacial score (nSPS) is 13.7. The summed E-state index contributed by atoms with van der Waals surface area (Å²) in [4.78, 5) is 9.65. The van der Waals surface area contributed by atoms with Crippen LogP contribution in [0.5, 0.6) is 0 Å². The number of aromatic nitrogens is 8. The van der Waals surface area contributed by atoms with Crippen LogP contribution in [0.25, 0.3) is 28.2 Å². The fourth-order valence-electron chi connectivity index (χ4n) is 4.32. The quantitative estimate of drug-likeness (QED) is 0.459. The highest BCUT2D eigenvalue weighted by molar-refractivity contribution is 5.80. The molecule has 6 rings (SSSR count). The lowest BCUT2D eigenvalue weighted by atomic mass is 9.96. The predicted molar refractivity (Wildman–Crippen MR) is 120 cm³/mol. The molecule has 0 spiro atoms. The molecule has 1 saturated carbocycles. The van der Waals surface area contributed by atoms with Crippen LogP contribution in [0.3, 0.4) is 0 Å². The van der Waals surface area contributed by atoms with Crippen LogP contribution in [-0.2, 0) is 6.42 Å². The van der Waals surface area contributed by atoms with Gasteiger partial charge < -0.3 is 0 Å². The largest absolute Gasteiger partial charge is 0.237 e. The lowest BCUT2D eigenvalue weighted by Gasteiger charge is -2.12. The van der Waals surface area contributed by atoms with Crippen molar-refractivity contribution in [2.24, 2.45) is 0 Å². The van der Waals surface area contributed by atoms with E-state index < -0.39 is 0 Å². The van der Waals surface area contributed by atoms with Crippen molar-refractivity contribution in [3.05, 3.63) is 77.0 Å². The molecule has 0 atom stereocenters. The number of hydrogen-bond donors (Lipinski definition) is 1. The minimum Gasteiger partial charge on any atom is -0.237 e. The second-order valence-electron chi connectivity index (χ2n) is 8.35. The Balaban J connectivity index is 1.38. The minimum absolute atomic E-state index is 0.548. The lowest BCUT2D eigenvalue weighted by molar-refractivity contribution is 0.809. The Morgan fingerprint density at radius 3 is 2.47 bits per heavy atom. The number of aromatic amines is 1. The van der Waals surface area contributed by atoms with Gasteiger partial charge in [0.2, 0.25) is 5.82 Å². The van der Waals surface area contributed by atoms with Crippen molar-refractivity contribution in [2.75, 3.05) is 0 Å². The number of tetrazole rings is 1. The van der Waals surface area contributed by atoms with Crippen molar-refractivity contribution in [2.45, 2.75) is 39.0 Å². The average Bonchev–Trinajstić information content (AvgIpc) is 3.35. The Bertz CT molecular complexity index is 1410. The molecule has 2 aromatic carbocycles. The van der Waals surface area contributed by atoms with E-state index in [0.29, 0.717) is 11.7 Å². The molecule has 158 valence electrons. The number of rotatable bonds is 5. The van der Waals surface area contributed by atoms with Crippen molar-refractivity contribution < 1.29 is 0 Å². The van der Waals surface area contributed by atoms with Crippen LogP contribution < -0.4 is 0 Å². The standard InChI is InChI=1S/C24H22N8/c1-14-25-24-21(22(18-11-12-18)26-15(2)32(24)29-14)13-16-7-9-17(10-8-16)19-5-3-4-6-20(19)23-27-30-31-28-23/h3-10,18H,11-13H2,1-2H3,(H,27,28,30,31). The van der Waals surface area contributed by atoms with E-state index in [1.165, 1.54) is 29.7 Å². The molecule has 5 aromatic rings. The van der Waals surface area contributed by atoms with Crippen LogP contribution in [-0.4, -0.2) is 40.2 Å². The number of H-pyrrole nitrogens is 1. The van der Waals surface area contributed by atoms with E-state index in [4.69, 9.17) is 9.97 Å². The predicted octanol–water partition coefficient (Wildman–Crippen LogP) is 4.06. The molecular formula is C24H22N8. The smallest absolute Gasteiger partial charge is 0.205 e. The summed E-state index contributed by atoms with van der Waals surface area (Å²) < 4.78 is 1.88. The second kappa shape index (κ2) is 7.33. The van der Waals surface area contributed by atoms with Crippen LogP contribution >= 0.6 is 0 Å². The first-order valence-electron chi connectivity index (χ1n) is 10.8. The Morgan fingerprint density at radius 2 is 1.75 bits per heavy atom. The number of fused-ring (bicyclic) bond motifs is 1. The highest BCUT2D eigenvalue weighted by Crippen LogP contribution is 2.42. The topological polar surface area (TPSA) is 97.5 Å². The van der Waals surface area contributed by atoms with E-state index in [-0.39, 0.29) is 0 Å². The third-order valence-electron chi connectivity index (χ3n) is 6.00. The molecule has 32 heavy (non-hydrogen) atoms. The molecule has 0 saturated heterocycles. The Kier molecular flexibility index (Phi) is 4.31. The maximum absolute atomic E-state index is 4.92. The average molecular weight is 422 g/mol. The van der Waals surface area contributed by atoms with Gasteiger partial charge in [-0.2, -0.15) is 9.73 Å². The summed E-state index contributed by atoms with van der Waals surface area (Å²) in [5, 5.41) is 19.1. The van der Waals surface area contributed by atoms with Crippen molar-refractivity contribution in [1.29, 1.82) is 0 Å². The zero-order valence-electron chi connectivity index (χ0n) is 17.9. The van der Waals surface area contributed by atoms with Crippen LogP contribution in [0, 0.1) is 13.8 Å². The van der Waals surface area contributed by atoms with E-state index in [1.54, 1.807) is 0 Å². The van der Waals surface area contributed by atoms with Crippen molar-refractivity contribution in [3.8, 4) is 22.5 Å². The van der Waals surface area contributed by atoms with Gasteiger partial charge >= 0.3 is 0 Å². The first-order valence-corrected chi connectivity index (χ1v) is 10.8. The van der Waals surface area contributed by atoms with Crippen LogP contribution in [0.2, 0.25) is 0 Å². The van der Waals surface area contributed by atoms with Gasteiger partial charge in [-0.05, 0) is 48.6 Å². The van der Waals surface area contributed by atoms with Gasteiger partial charge in [0.25, 0.3) is 0 Å². The highest BCUT2D eigenvalue weighted by Gasteiger charge is 2.30. The molecule has 0 radical (unpaired) electrons. The van der Waals surface area contributed by atoms with Gasteiger partial charge in [-0.15, -0.1) is 15.3 Å².